The first-order valence-electron chi connectivity index (χ1n) is 7.31. The number of hydrogen-bond donors (Lipinski definition) is 1. The predicted octanol–water partition coefficient (Wildman–Crippen LogP) is 3.12. The van der Waals surface area contributed by atoms with Gasteiger partial charge in [-0.25, -0.2) is 0 Å². The van der Waals surface area contributed by atoms with Crippen LogP contribution in [-0.4, -0.2) is 24.0 Å². The van der Waals surface area contributed by atoms with E-state index in [1.54, 1.807) is 0 Å². The molecule has 18 heavy (non-hydrogen) atoms. The summed E-state index contributed by atoms with van der Waals surface area (Å²) < 4.78 is 0. The largest absolute Gasteiger partial charge is 0.326 e. The minimum Gasteiger partial charge on any atom is -0.326 e. The Morgan fingerprint density at radius 2 is 1.78 bits per heavy atom. The Labute approximate surface area is 111 Å². The van der Waals surface area contributed by atoms with Crippen molar-refractivity contribution >= 4 is 0 Å². The summed E-state index contributed by atoms with van der Waals surface area (Å²) in [6, 6.07) is 9.67. The molecule has 1 saturated heterocycles. The van der Waals surface area contributed by atoms with Gasteiger partial charge in [0.05, 0.1) is 0 Å². The van der Waals surface area contributed by atoms with Crippen LogP contribution in [0.1, 0.15) is 50.3 Å². The number of nitrogens with two attached hydrogens (primary N) is 1. The van der Waals surface area contributed by atoms with Crippen molar-refractivity contribution in [1.82, 2.24) is 4.90 Å². The maximum absolute atomic E-state index is 6.20. The second-order valence-corrected chi connectivity index (χ2v) is 5.54. The summed E-state index contributed by atoms with van der Waals surface area (Å²) >= 11 is 0. The molecule has 2 nitrogen and oxygen atoms in total. The summed E-state index contributed by atoms with van der Waals surface area (Å²) in [5, 5.41) is 0. The van der Waals surface area contributed by atoms with Crippen LogP contribution in [0.4, 0.5) is 0 Å². The minimum atomic E-state index is 0.195. The quantitative estimate of drug-likeness (QED) is 0.865. The van der Waals surface area contributed by atoms with Crippen molar-refractivity contribution in [1.29, 1.82) is 0 Å². The maximum Gasteiger partial charge on any atom is 0.0496 e. The van der Waals surface area contributed by atoms with Crippen molar-refractivity contribution in [3.8, 4) is 0 Å². The minimum absolute atomic E-state index is 0.195. The zero-order valence-electron chi connectivity index (χ0n) is 11.7. The van der Waals surface area contributed by atoms with Crippen LogP contribution < -0.4 is 5.73 Å². The molecule has 1 aromatic carbocycles. The van der Waals surface area contributed by atoms with Gasteiger partial charge in [-0.3, -0.25) is 4.90 Å². The molecule has 0 bridgehead atoms. The molecule has 0 aromatic heterocycles. The number of likely N-dealkylation sites (tertiary alicyclic amines) is 1. The third-order valence-electron chi connectivity index (χ3n) is 3.89. The van der Waals surface area contributed by atoms with E-state index in [4.69, 9.17) is 5.73 Å². The van der Waals surface area contributed by atoms with Crippen molar-refractivity contribution in [2.45, 2.75) is 51.6 Å². The molecule has 1 heterocycles. The molecule has 0 amide bonds. The number of nitrogens with zero attached hydrogens (tertiary/aromatic N) is 1. The van der Waals surface area contributed by atoms with E-state index in [0.717, 1.165) is 0 Å². The molecule has 0 radical (unpaired) electrons. The van der Waals surface area contributed by atoms with E-state index in [9.17, 15) is 0 Å². The fourth-order valence-corrected chi connectivity index (χ4v) is 3.04. The van der Waals surface area contributed by atoms with E-state index in [0.29, 0.717) is 6.04 Å². The SMILES string of the molecule is CCCc1ccc(C(C(C)N)N2CCCC2)cc1. The molecule has 0 spiro atoms. The van der Waals surface area contributed by atoms with Crippen LogP contribution in [0.15, 0.2) is 24.3 Å². The van der Waals surface area contributed by atoms with Gasteiger partial charge in [0.25, 0.3) is 0 Å². The first-order valence-corrected chi connectivity index (χ1v) is 7.31. The maximum atomic E-state index is 6.20. The van der Waals surface area contributed by atoms with Gasteiger partial charge in [-0.05, 0) is 50.4 Å². The Morgan fingerprint density at radius 1 is 1.17 bits per heavy atom. The van der Waals surface area contributed by atoms with Gasteiger partial charge in [0.2, 0.25) is 0 Å². The predicted molar refractivity (Wildman–Crippen MR) is 77.6 cm³/mol. The Balaban J connectivity index is 2.14. The number of rotatable bonds is 5. The van der Waals surface area contributed by atoms with Gasteiger partial charge >= 0.3 is 0 Å². The van der Waals surface area contributed by atoms with E-state index in [2.05, 4.69) is 43.0 Å². The van der Waals surface area contributed by atoms with Gasteiger partial charge in [-0.1, -0.05) is 37.6 Å². The van der Waals surface area contributed by atoms with Gasteiger partial charge in [0.15, 0.2) is 0 Å². The average Bonchev–Trinajstić information content (AvgIpc) is 2.85. The first-order chi connectivity index (χ1) is 8.72. The molecule has 1 aliphatic rings. The van der Waals surface area contributed by atoms with Crippen LogP contribution >= 0.6 is 0 Å². The second-order valence-electron chi connectivity index (χ2n) is 5.54. The van der Waals surface area contributed by atoms with E-state index in [-0.39, 0.29) is 6.04 Å². The van der Waals surface area contributed by atoms with Crippen molar-refractivity contribution in [2.75, 3.05) is 13.1 Å². The third kappa shape index (κ3) is 3.12. The molecule has 1 aliphatic heterocycles. The highest BCUT2D eigenvalue weighted by atomic mass is 15.2. The number of benzene rings is 1. The molecule has 2 heteroatoms. The monoisotopic (exact) mass is 246 g/mol. The van der Waals surface area contributed by atoms with Crippen molar-refractivity contribution in [2.24, 2.45) is 5.73 Å². The zero-order valence-corrected chi connectivity index (χ0v) is 11.7. The smallest absolute Gasteiger partial charge is 0.0496 e. The summed E-state index contributed by atoms with van der Waals surface area (Å²) in [6.07, 6.45) is 5.02. The Morgan fingerprint density at radius 3 is 2.28 bits per heavy atom. The van der Waals surface area contributed by atoms with Crippen LogP contribution in [0.5, 0.6) is 0 Å². The summed E-state index contributed by atoms with van der Waals surface area (Å²) in [5.41, 5.74) is 9.02. The molecule has 2 N–H and O–H groups in total. The molecule has 0 aliphatic carbocycles. The fraction of sp³-hybridized carbons (Fsp3) is 0.625. The van der Waals surface area contributed by atoms with Crippen LogP contribution in [0.25, 0.3) is 0 Å². The molecule has 1 fully saturated rings. The number of hydrogen-bond acceptors (Lipinski definition) is 2. The fourth-order valence-electron chi connectivity index (χ4n) is 3.04. The van der Waals surface area contributed by atoms with E-state index in [1.807, 2.05) is 0 Å². The highest BCUT2D eigenvalue weighted by molar-refractivity contribution is 5.26. The van der Waals surface area contributed by atoms with Crippen LogP contribution in [-0.2, 0) is 6.42 Å². The van der Waals surface area contributed by atoms with Gasteiger partial charge in [-0.15, -0.1) is 0 Å². The lowest BCUT2D eigenvalue weighted by Crippen LogP contribution is -2.37. The standard InChI is InChI=1S/C16H26N2/c1-3-6-14-7-9-15(10-8-14)16(13(2)17)18-11-4-5-12-18/h7-10,13,16H,3-6,11-12,17H2,1-2H3. The number of aryl methyl sites for hydroxylation is 1. The molecule has 2 atom stereocenters. The Kier molecular flexibility index (Phi) is 4.79. The second kappa shape index (κ2) is 6.35. The first kappa shape index (κ1) is 13.6. The highest BCUT2D eigenvalue weighted by Crippen LogP contribution is 2.27. The van der Waals surface area contributed by atoms with E-state index >= 15 is 0 Å². The summed E-state index contributed by atoms with van der Waals surface area (Å²) in [5.74, 6) is 0. The average molecular weight is 246 g/mol. The van der Waals surface area contributed by atoms with Crippen molar-refractivity contribution in [3.63, 3.8) is 0 Å². The highest BCUT2D eigenvalue weighted by Gasteiger charge is 2.26. The van der Waals surface area contributed by atoms with Gasteiger partial charge in [-0.2, -0.15) is 0 Å². The van der Waals surface area contributed by atoms with E-state index in [1.165, 1.54) is 49.9 Å². The van der Waals surface area contributed by atoms with Gasteiger partial charge in [0, 0.05) is 12.1 Å². The van der Waals surface area contributed by atoms with E-state index < -0.39 is 0 Å². The topological polar surface area (TPSA) is 29.3 Å². The normalized spacial score (nSPS) is 19.9. The lowest BCUT2D eigenvalue weighted by molar-refractivity contribution is 0.219. The Bertz CT molecular complexity index is 350. The van der Waals surface area contributed by atoms with Crippen LogP contribution in [0.3, 0.4) is 0 Å². The molecular weight excluding hydrogens is 220 g/mol. The summed E-state index contributed by atoms with van der Waals surface area (Å²) in [4.78, 5) is 2.54. The third-order valence-corrected chi connectivity index (χ3v) is 3.89. The lowest BCUT2D eigenvalue weighted by atomic mass is 9.97. The van der Waals surface area contributed by atoms with Crippen molar-refractivity contribution in [3.05, 3.63) is 35.4 Å². The molecule has 100 valence electrons. The lowest BCUT2D eigenvalue weighted by Gasteiger charge is -2.31. The van der Waals surface area contributed by atoms with Gasteiger partial charge in [0.1, 0.15) is 0 Å². The molecule has 0 saturated carbocycles. The van der Waals surface area contributed by atoms with Gasteiger partial charge < -0.3 is 5.73 Å². The van der Waals surface area contributed by atoms with Crippen LogP contribution in [0.2, 0.25) is 0 Å². The summed E-state index contributed by atoms with van der Waals surface area (Å²) in [7, 11) is 0. The van der Waals surface area contributed by atoms with Crippen LogP contribution in [0, 0.1) is 0 Å². The molecule has 1 aromatic rings. The summed E-state index contributed by atoms with van der Waals surface area (Å²) in [6.45, 7) is 6.75. The molecule has 2 unspecified atom stereocenters. The zero-order chi connectivity index (χ0) is 13.0. The molecular formula is C16H26N2. The van der Waals surface area contributed by atoms with Crippen molar-refractivity contribution < 1.29 is 0 Å². The molecule has 2 rings (SSSR count). The Hall–Kier alpha value is -0.860.